The van der Waals surface area contributed by atoms with Crippen LogP contribution in [-0.2, 0) is 31.3 Å². The molecule has 42 heavy (non-hydrogen) atoms. The molecule has 2 aromatic carbocycles. The molecule has 3 atom stereocenters. The highest BCUT2D eigenvalue weighted by molar-refractivity contribution is 6.35. The molecule has 2 fully saturated rings. The summed E-state index contributed by atoms with van der Waals surface area (Å²) < 4.78 is 25.7. The molecule has 2 saturated heterocycles. The Balaban J connectivity index is 1.15. The maximum atomic E-state index is 12.3. The van der Waals surface area contributed by atoms with E-state index >= 15 is 0 Å². The van der Waals surface area contributed by atoms with Crippen LogP contribution in [0.1, 0.15) is 18.9 Å². The van der Waals surface area contributed by atoms with Crippen LogP contribution < -0.4 is 9.64 Å². The third kappa shape index (κ3) is 6.92. The standard InChI is InChI=1S/C29H32Cl2N4O7/c1-2-26(27(36)37)41-28(38)35-13-11-34(12-14-35)21-4-6-22(7-5-21)39-16-23-17-40-29(42-23,18-33-10-9-32-19-33)24-8-3-20(30)15-25(24)31/h3-10,15,19,23,26H,2,11-14,16-18H2,1H3,(H,36,37). The SMILES string of the molecule is CCC(OC(=O)N1CCN(c2ccc(OCC3COC(Cn4ccnc4)(c4ccc(Cl)cc4Cl)O3)cc2)CC1)C(=O)O. The summed E-state index contributed by atoms with van der Waals surface area (Å²) in [6, 6.07) is 12.9. The normalized spacial score (nSPS) is 21.3. The minimum absolute atomic E-state index is 0.221. The van der Waals surface area contributed by atoms with Gasteiger partial charge in [-0.1, -0.05) is 36.2 Å². The zero-order valence-corrected chi connectivity index (χ0v) is 24.5. The molecule has 2 aliphatic rings. The Labute approximate surface area is 253 Å². The zero-order valence-electron chi connectivity index (χ0n) is 23.0. The van der Waals surface area contributed by atoms with Crippen LogP contribution in [0, 0.1) is 0 Å². The molecule has 0 bridgehead atoms. The smallest absolute Gasteiger partial charge is 0.410 e. The van der Waals surface area contributed by atoms with Crippen molar-refractivity contribution in [3.8, 4) is 5.75 Å². The van der Waals surface area contributed by atoms with E-state index in [1.165, 1.54) is 4.90 Å². The van der Waals surface area contributed by atoms with Crippen LogP contribution in [0.25, 0.3) is 0 Å². The van der Waals surface area contributed by atoms with Crippen molar-refractivity contribution in [1.29, 1.82) is 0 Å². The number of halogens is 2. The van der Waals surface area contributed by atoms with E-state index in [9.17, 15) is 9.59 Å². The molecule has 3 aromatic rings. The first-order valence-corrected chi connectivity index (χ1v) is 14.4. The summed E-state index contributed by atoms with van der Waals surface area (Å²) in [6.45, 7) is 4.66. The van der Waals surface area contributed by atoms with E-state index in [-0.39, 0.29) is 19.1 Å². The monoisotopic (exact) mass is 618 g/mol. The van der Waals surface area contributed by atoms with Gasteiger partial charge in [0, 0.05) is 54.8 Å². The molecule has 1 N–H and O–H groups in total. The highest BCUT2D eigenvalue weighted by atomic mass is 35.5. The number of carbonyl (C=O) groups is 2. The molecule has 0 aliphatic carbocycles. The second-order valence-corrected chi connectivity index (χ2v) is 10.9. The average molecular weight is 620 g/mol. The van der Waals surface area contributed by atoms with Crippen molar-refractivity contribution < 1.29 is 33.6 Å². The van der Waals surface area contributed by atoms with Crippen molar-refractivity contribution in [1.82, 2.24) is 14.5 Å². The molecule has 11 nitrogen and oxygen atoms in total. The minimum atomic E-state index is -1.14. The number of ether oxygens (including phenoxy) is 4. The number of aliphatic carboxylic acids is 1. The first-order valence-electron chi connectivity index (χ1n) is 13.7. The third-order valence-corrected chi connectivity index (χ3v) is 7.76. The lowest BCUT2D eigenvalue weighted by atomic mass is 10.1. The van der Waals surface area contributed by atoms with Crippen LogP contribution in [0.15, 0.2) is 61.2 Å². The lowest BCUT2D eigenvalue weighted by Crippen LogP contribution is -2.49. The van der Waals surface area contributed by atoms with Gasteiger partial charge in [-0.3, -0.25) is 0 Å². The summed E-state index contributed by atoms with van der Waals surface area (Å²) in [4.78, 5) is 31.3. The molecule has 0 radical (unpaired) electrons. The van der Waals surface area contributed by atoms with E-state index in [0.29, 0.717) is 60.7 Å². The number of hydrogen-bond donors (Lipinski definition) is 1. The fourth-order valence-electron chi connectivity index (χ4n) is 4.97. The Kier molecular flexibility index (Phi) is 9.42. The number of rotatable bonds is 10. The Hall–Kier alpha value is -3.51. The van der Waals surface area contributed by atoms with Crippen LogP contribution in [0.2, 0.25) is 10.0 Å². The number of benzene rings is 2. The molecular formula is C29H32Cl2N4O7. The summed E-state index contributed by atoms with van der Waals surface area (Å²) in [7, 11) is 0. The van der Waals surface area contributed by atoms with Gasteiger partial charge in [0.05, 0.1) is 24.5 Å². The highest BCUT2D eigenvalue weighted by Crippen LogP contribution is 2.40. The van der Waals surface area contributed by atoms with Gasteiger partial charge in [-0.05, 0) is 42.8 Å². The van der Waals surface area contributed by atoms with Crippen molar-refractivity contribution in [2.45, 2.75) is 37.9 Å². The second kappa shape index (κ2) is 13.2. The summed E-state index contributed by atoms with van der Waals surface area (Å²) in [5.41, 5.74) is 1.67. The molecule has 5 rings (SSSR count). The Morgan fingerprint density at radius 2 is 1.90 bits per heavy atom. The minimum Gasteiger partial charge on any atom is -0.491 e. The molecular weight excluding hydrogens is 587 g/mol. The van der Waals surface area contributed by atoms with Crippen molar-refractivity contribution in [2.75, 3.05) is 44.3 Å². The lowest BCUT2D eigenvalue weighted by molar-refractivity contribution is -0.189. The van der Waals surface area contributed by atoms with Crippen molar-refractivity contribution >= 4 is 41.0 Å². The van der Waals surface area contributed by atoms with E-state index in [2.05, 4.69) is 9.88 Å². The zero-order chi connectivity index (χ0) is 29.7. The molecule has 3 heterocycles. The number of carboxylic acid groups (broad SMARTS) is 1. The maximum absolute atomic E-state index is 12.3. The van der Waals surface area contributed by atoms with Gasteiger partial charge in [-0.25, -0.2) is 14.6 Å². The van der Waals surface area contributed by atoms with E-state index in [1.807, 2.05) is 41.1 Å². The van der Waals surface area contributed by atoms with Gasteiger partial charge in [0.2, 0.25) is 5.79 Å². The quantitative estimate of drug-likeness (QED) is 0.346. The molecule has 0 spiro atoms. The fraction of sp³-hybridized carbons (Fsp3) is 0.414. The average Bonchev–Trinajstić information content (AvgIpc) is 3.65. The fourth-order valence-corrected chi connectivity index (χ4v) is 5.52. The largest absolute Gasteiger partial charge is 0.491 e. The number of anilines is 1. The van der Waals surface area contributed by atoms with Gasteiger partial charge in [-0.2, -0.15) is 0 Å². The van der Waals surface area contributed by atoms with E-state index in [1.54, 1.807) is 31.6 Å². The van der Waals surface area contributed by atoms with Crippen molar-refractivity contribution in [3.05, 3.63) is 76.8 Å². The predicted octanol–water partition coefficient (Wildman–Crippen LogP) is 4.66. The van der Waals surface area contributed by atoms with Gasteiger partial charge in [0.1, 0.15) is 18.5 Å². The molecule has 13 heteroatoms. The summed E-state index contributed by atoms with van der Waals surface area (Å²) >= 11 is 12.7. The number of aromatic nitrogens is 2. The van der Waals surface area contributed by atoms with E-state index < -0.39 is 24.0 Å². The highest BCUT2D eigenvalue weighted by Gasteiger charge is 2.45. The van der Waals surface area contributed by atoms with Gasteiger partial charge >= 0.3 is 12.1 Å². The third-order valence-electron chi connectivity index (χ3n) is 7.22. The lowest BCUT2D eigenvalue weighted by Gasteiger charge is -2.35. The Morgan fingerprint density at radius 3 is 2.55 bits per heavy atom. The summed E-state index contributed by atoms with van der Waals surface area (Å²) in [5, 5.41) is 10.1. The van der Waals surface area contributed by atoms with Crippen LogP contribution in [0.4, 0.5) is 10.5 Å². The van der Waals surface area contributed by atoms with Gasteiger partial charge in [-0.15, -0.1) is 0 Å². The second-order valence-electron chi connectivity index (χ2n) is 10.1. The molecule has 3 unspecified atom stereocenters. The number of carboxylic acids is 1. The van der Waals surface area contributed by atoms with Gasteiger partial charge in [0.15, 0.2) is 6.10 Å². The Bertz CT molecular complexity index is 1370. The van der Waals surface area contributed by atoms with Gasteiger partial charge < -0.3 is 38.4 Å². The van der Waals surface area contributed by atoms with Crippen molar-refractivity contribution in [2.24, 2.45) is 0 Å². The molecule has 0 saturated carbocycles. The van der Waals surface area contributed by atoms with Crippen LogP contribution >= 0.6 is 23.2 Å². The first kappa shape index (κ1) is 30.0. The van der Waals surface area contributed by atoms with E-state index in [4.69, 9.17) is 47.3 Å². The first-order chi connectivity index (χ1) is 20.3. The van der Waals surface area contributed by atoms with Crippen LogP contribution in [0.5, 0.6) is 5.75 Å². The Morgan fingerprint density at radius 1 is 1.14 bits per heavy atom. The van der Waals surface area contributed by atoms with E-state index in [0.717, 1.165) is 5.69 Å². The van der Waals surface area contributed by atoms with Crippen LogP contribution in [0.3, 0.4) is 0 Å². The molecule has 1 aromatic heterocycles. The number of hydrogen-bond acceptors (Lipinski definition) is 8. The number of carbonyl (C=O) groups excluding carboxylic acids is 1. The molecule has 1 amide bonds. The molecule has 224 valence electrons. The van der Waals surface area contributed by atoms with Crippen LogP contribution in [-0.4, -0.2) is 83.2 Å². The summed E-state index contributed by atoms with van der Waals surface area (Å²) in [6.07, 6.45) is 3.35. The predicted molar refractivity (Wildman–Crippen MR) is 155 cm³/mol. The topological polar surface area (TPSA) is 116 Å². The molecule has 2 aliphatic heterocycles. The number of piperazine rings is 1. The maximum Gasteiger partial charge on any atom is 0.410 e. The summed E-state index contributed by atoms with van der Waals surface area (Å²) in [5.74, 6) is -1.58. The number of imidazole rings is 1. The number of nitrogens with zero attached hydrogens (tertiary/aromatic N) is 4. The van der Waals surface area contributed by atoms with Gasteiger partial charge in [0.25, 0.3) is 0 Å². The van der Waals surface area contributed by atoms with Crippen molar-refractivity contribution in [3.63, 3.8) is 0 Å². The number of amides is 1.